The molecule has 0 radical (unpaired) electrons. The maximum absolute atomic E-state index is 4.67. The lowest BCUT2D eigenvalue weighted by atomic mass is 10.2. The van der Waals surface area contributed by atoms with Gasteiger partial charge in [0.25, 0.3) is 0 Å². The van der Waals surface area contributed by atoms with Crippen LogP contribution in [0.4, 0.5) is 0 Å². The third-order valence-corrected chi connectivity index (χ3v) is 3.67. The number of hydrogen-bond donors (Lipinski definition) is 1. The molecule has 2 aromatic rings. The van der Waals surface area contributed by atoms with Crippen LogP contribution in [0.5, 0.6) is 0 Å². The SMILES string of the molecule is CCn1cncc1Cn1nc(C)c(CNC(C)C)c1C. The molecule has 2 aromatic heterocycles. The zero-order valence-electron chi connectivity index (χ0n) is 13.1. The van der Waals surface area contributed by atoms with Crippen molar-refractivity contribution in [1.82, 2.24) is 24.6 Å². The summed E-state index contributed by atoms with van der Waals surface area (Å²) in [7, 11) is 0. The first-order chi connectivity index (χ1) is 9.52. The molecule has 0 aliphatic rings. The van der Waals surface area contributed by atoms with Gasteiger partial charge in [0.15, 0.2) is 0 Å². The zero-order chi connectivity index (χ0) is 14.7. The number of hydrogen-bond acceptors (Lipinski definition) is 3. The third-order valence-electron chi connectivity index (χ3n) is 3.67. The van der Waals surface area contributed by atoms with Crippen LogP contribution in [0.3, 0.4) is 0 Å². The molecular weight excluding hydrogens is 250 g/mol. The summed E-state index contributed by atoms with van der Waals surface area (Å²) in [6.45, 7) is 13.3. The van der Waals surface area contributed by atoms with Gasteiger partial charge in [-0.25, -0.2) is 4.98 Å². The highest BCUT2D eigenvalue weighted by Crippen LogP contribution is 2.15. The predicted octanol–water partition coefficient (Wildman–Crippen LogP) is 2.26. The van der Waals surface area contributed by atoms with Crippen LogP contribution in [0, 0.1) is 13.8 Å². The summed E-state index contributed by atoms with van der Waals surface area (Å²) in [6, 6.07) is 0.485. The van der Waals surface area contributed by atoms with Crippen molar-refractivity contribution in [3.63, 3.8) is 0 Å². The molecule has 0 aliphatic carbocycles. The Morgan fingerprint density at radius 3 is 2.70 bits per heavy atom. The second-order valence-electron chi connectivity index (χ2n) is 5.51. The highest BCUT2D eigenvalue weighted by molar-refractivity contribution is 5.25. The van der Waals surface area contributed by atoms with E-state index in [2.05, 4.69) is 59.3 Å². The summed E-state index contributed by atoms with van der Waals surface area (Å²) in [4.78, 5) is 4.22. The average Bonchev–Trinajstić information content (AvgIpc) is 2.94. The van der Waals surface area contributed by atoms with Gasteiger partial charge >= 0.3 is 0 Å². The Hall–Kier alpha value is -1.62. The van der Waals surface area contributed by atoms with Gasteiger partial charge in [0, 0.05) is 30.4 Å². The van der Waals surface area contributed by atoms with Gasteiger partial charge in [0.2, 0.25) is 0 Å². The molecule has 0 aromatic carbocycles. The molecule has 0 aliphatic heterocycles. The lowest BCUT2D eigenvalue weighted by Gasteiger charge is -2.09. The van der Waals surface area contributed by atoms with Gasteiger partial charge in [0.1, 0.15) is 0 Å². The number of nitrogens with zero attached hydrogens (tertiary/aromatic N) is 4. The minimum Gasteiger partial charge on any atom is -0.333 e. The summed E-state index contributed by atoms with van der Waals surface area (Å²) in [6.07, 6.45) is 3.80. The molecule has 0 atom stereocenters. The van der Waals surface area contributed by atoms with Crippen molar-refractivity contribution in [3.8, 4) is 0 Å². The van der Waals surface area contributed by atoms with Crippen LogP contribution in [0.15, 0.2) is 12.5 Å². The lowest BCUT2D eigenvalue weighted by Crippen LogP contribution is -2.22. The maximum atomic E-state index is 4.67. The predicted molar refractivity (Wildman–Crippen MR) is 80.7 cm³/mol. The van der Waals surface area contributed by atoms with E-state index in [0.29, 0.717) is 6.04 Å². The standard InChI is InChI=1S/C15H25N5/c1-6-19-10-16-7-14(19)9-20-13(5)15(12(4)18-20)8-17-11(2)3/h7,10-11,17H,6,8-9H2,1-5H3. The third kappa shape index (κ3) is 3.10. The first kappa shape index (κ1) is 14.8. The number of aryl methyl sites for hydroxylation is 2. The number of nitrogens with one attached hydrogen (secondary N) is 1. The van der Waals surface area contributed by atoms with Crippen LogP contribution < -0.4 is 5.32 Å². The first-order valence-corrected chi connectivity index (χ1v) is 7.28. The van der Waals surface area contributed by atoms with E-state index in [9.17, 15) is 0 Å². The Bertz CT molecular complexity index is 565. The van der Waals surface area contributed by atoms with Crippen LogP contribution in [0.1, 0.15) is 43.4 Å². The summed E-state index contributed by atoms with van der Waals surface area (Å²) in [5.74, 6) is 0. The van der Waals surface area contributed by atoms with Crippen LogP contribution in [0.25, 0.3) is 0 Å². The highest BCUT2D eigenvalue weighted by atomic mass is 15.3. The largest absolute Gasteiger partial charge is 0.333 e. The summed E-state index contributed by atoms with van der Waals surface area (Å²) in [5.41, 5.74) is 4.85. The van der Waals surface area contributed by atoms with Crippen molar-refractivity contribution in [2.45, 2.75) is 60.3 Å². The molecule has 2 rings (SSSR count). The van der Waals surface area contributed by atoms with Gasteiger partial charge in [0.05, 0.1) is 30.5 Å². The van der Waals surface area contributed by atoms with E-state index in [1.807, 2.05) is 12.5 Å². The normalized spacial score (nSPS) is 11.5. The Labute approximate surface area is 121 Å². The zero-order valence-corrected chi connectivity index (χ0v) is 13.1. The van der Waals surface area contributed by atoms with E-state index in [1.54, 1.807) is 0 Å². The molecule has 0 spiro atoms. The molecule has 2 heterocycles. The van der Waals surface area contributed by atoms with Crippen molar-refractivity contribution in [2.75, 3.05) is 0 Å². The van der Waals surface area contributed by atoms with E-state index in [4.69, 9.17) is 0 Å². The van der Waals surface area contributed by atoms with Gasteiger partial charge in [-0.3, -0.25) is 4.68 Å². The molecule has 0 fully saturated rings. The Morgan fingerprint density at radius 2 is 2.05 bits per heavy atom. The van der Waals surface area contributed by atoms with Crippen molar-refractivity contribution in [3.05, 3.63) is 35.2 Å². The van der Waals surface area contributed by atoms with E-state index < -0.39 is 0 Å². The van der Waals surface area contributed by atoms with Gasteiger partial charge in [-0.15, -0.1) is 0 Å². The lowest BCUT2D eigenvalue weighted by molar-refractivity contribution is 0.582. The second-order valence-corrected chi connectivity index (χ2v) is 5.51. The van der Waals surface area contributed by atoms with Gasteiger partial charge < -0.3 is 9.88 Å². The summed E-state index contributed by atoms with van der Waals surface area (Å²) >= 11 is 0. The van der Waals surface area contributed by atoms with E-state index >= 15 is 0 Å². The van der Waals surface area contributed by atoms with Crippen LogP contribution in [-0.4, -0.2) is 25.4 Å². The van der Waals surface area contributed by atoms with Crippen molar-refractivity contribution >= 4 is 0 Å². The monoisotopic (exact) mass is 275 g/mol. The molecule has 5 heteroatoms. The fourth-order valence-corrected chi connectivity index (χ4v) is 2.37. The molecule has 0 saturated heterocycles. The average molecular weight is 275 g/mol. The second kappa shape index (κ2) is 6.22. The fraction of sp³-hybridized carbons (Fsp3) is 0.600. The van der Waals surface area contributed by atoms with Gasteiger partial charge in [-0.1, -0.05) is 13.8 Å². The van der Waals surface area contributed by atoms with Crippen LogP contribution in [0.2, 0.25) is 0 Å². The molecule has 5 nitrogen and oxygen atoms in total. The van der Waals surface area contributed by atoms with E-state index in [1.165, 1.54) is 17.0 Å². The molecule has 110 valence electrons. The molecule has 0 saturated carbocycles. The number of aromatic nitrogens is 4. The van der Waals surface area contributed by atoms with Gasteiger partial charge in [-0.2, -0.15) is 5.10 Å². The topological polar surface area (TPSA) is 47.7 Å². The van der Waals surface area contributed by atoms with E-state index in [-0.39, 0.29) is 0 Å². The molecule has 0 unspecified atom stereocenters. The summed E-state index contributed by atoms with van der Waals surface area (Å²) in [5, 5.41) is 8.14. The number of rotatable bonds is 6. The molecule has 1 N–H and O–H groups in total. The smallest absolute Gasteiger partial charge is 0.0948 e. The fourth-order valence-electron chi connectivity index (χ4n) is 2.37. The highest BCUT2D eigenvalue weighted by Gasteiger charge is 2.13. The van der Waals surface area contributed by atoms with Crippen LogP contribution >= 0.6 is 0 Å². The molecule has 20 heavy (non-hydrogen) atoms. The Morgan fingerprint density at radius 1 is 1.30 bits per heavy atom. The van der Waals surface area contributed by atoms with Crippen molar-refractivity contribution in [1.29, 1.82) is 0 Å². The first-order valence-electron chi connectivity index (χ1n) is 7.28. The minimum atomic E-state index is 0.485. The molecule has 0 bridgehead atoms. The molecule has 0 amide bonds. The quantitative estimate of drug-likeness (QED) is 0.879. The minimum absolute atomic E-state index is 0.485. The number of imidazole rings is 1. The van der Waals surface area contributed by atoms with Crippen molar-refractivity contribution in [2.24, 2.45) is 0 Å². The summed E-state index contributed by atoms with van der Waals surface area (Å²) < 4.78 is 4.23. The van der Waals surface area contributed by atoms with Crippen LogP contribution in [-0.2, 0) is 19.6 Å². The Balaban J connectivity index is 2.19. The van der Waals surface area contributed by atoms with Gasteiger partial charge in [-0.05, 0) is 20.8 Å². The maximum Gasteiger partial charge on any atom is 0.0948 e. The Kier molecular flexibility index (Phi) is 4.60. The van der Waals surface area contributed by atoms with E-state index in [0.717, 1.165) is 25.3 Å². The van der Waals surface area contributed by atoms with Crippen molar-refractivity contribution < 1.29 is 0 Å². The molecular formula is C15H25N5.